The normalized spacial score (nSPS) is 11.8. The van der Waals surface area contributed by atoms with Crippen LogP contribution in [0.3, 0.4) is 0 Å². The highest BCUT2D eigenvalue weighted by atomic mass is 32.2. The number of amides is 1. The van der Waals surface area contributed by atoms with E-state index >= 15 is 0 Å². The van der Waals surface area contributed by atoms with E-state index in [1.807, 2.05) is 31.2 Å². The van der Waals surface area contributed by atoms with Gasteiger partial charge in [-0.2, -0.15) is 0 Å². The Kier molecular flexibility index (Phi) is 6.55. The molecule has 0 radical (unpaired) electrons. The second-order valence-corrected chi connectivity index (χ2v) is 7.05. The highest BCUT2D eigenvalue weighted by Gasteiger charge is 2.11. The monoisotopic (exact) mass is 345 g/mol. The fraction of sp³-hybridized carbons (Fsp3) is 0.316. The molecular formula is C19H23NO3S. The predicted molar refractivity (Wildman–Crippen MR) is 97.0 cm³/mol. The van der Waals surface area contributed by atoms with Gasteiger partial charge in [0.15, 0.2) is 0 Å². The topological polar surface area (TPSA) is 46.6 Å². The standard InChI is InChI=1S/C19H23NO3S/c1-15-7-4-5-8-18(15)23-14-6-13-20(2)19(21)16-9-11-17(12-10-16)24(3)22/h4-5,7-12H,6,13-14H2,1-3H3. The molecule has 0 bridgehead atoms. The minimum atomic E-state index is -1.03. The average molecular weight is 345 g/mol. The molecule has 128 valence electrons. The molecule has 2 aromatic rings. The number of benzene rings is 2. The molecule has 0 saturated heterocycles. The average Bonchev–Trinajstić information content (AvgIpc) is 2.59. The first kappa shape index (κ1) is 18.2. The molecular weight excluding hydrogens is 322 g/mol. The number of hydrogen-bond acceptors (Lipinski definition) is 3. The summed E-state index contributed by atoms with van der Waals surface area (Å²) in [5.74, 6) is 0.842. The Balaban J connectivity index is 1.81. The Morgan fingerprint density at radius 3 is 2.42 bits per heavy atom. The van der Waals surface area contributed by atoms with E-state index < -0.39 is 10.8 Å². The molecule has 2 rings (SSSR count). The lowest BCUT2D eigenvalue weighted by molar-refractivity contribution is 0.0787. The van der Waals surface area contributed by atoms with E-state index in [4.69, 9.17) is 4.74 Å². The van der Waals surface area contributed by atoms with Crippen molar-refractivity contribution in [3.05, 3.63) is 59.7 Å². The molecule has 0 fully saturated rings. The number of nitrogens with zero attached hydrogens (tertiary/aromatic N) is 1. The summed E-state index contributed by atoms with van der Waals surface area (Å²) >= 11 is 0. The van der Waals surface area contributed by atoms with Gasteiger partial charge in [-0.3, -0.25) is 9.00 Å². The molecule has 0 aliphatic carbocycles. The van der Waals surface area contributed by atoms with Crippen LogP contribution >= 0.6 is 0 Å². The molecule has 0 aliphatic rings. The highest BCUT2D eigenvalue weighted by Crippen LogP contribution is 2.16. The van der Waals surface area contributed by atoms with Gasteiger partial charge in [-0.05, 0) is 49.2 Å². The van der Waals surface area contributed by atoms with Crippen molar-refractivity contribution in [2.45, 2.75) is 18.2 Å². The Morgan fingerprint density at radius 2 is 1.79 bits per heavy atom. The molecule has 0 N–H and O–H groups in total. The number of hydrogen-bond donors (Lipinski definition) is 0. The van der Waals surface area contributed by atoms with Gasteiger partial charge < -0.3 is 9.64 Å². The van der Waals surface area contributed by atoms with Crippen LogP contribution in [0.15, 0.2) is 53.4 Å². The summed E-state index contributed by atoms with van der Waals surface area (Å²) in [6, 6.07) is 14.8. The molecule has 0 heterocycles. The number of carbonyl (C=O) groups is 1. The zero-order valence-electron chi connectivity index (χ0n) is 14.3. The van der Waals surface area contributed by atoms with E-state index in [0.717, 1.165) is 22.6 Å². The van der Waals surface area contributed by atoms with Crippen molar-refractivity contribution in [1.29, 1.82) is 0 Å². The van der Waals surface area contributed by atoms with E-state index in [2.05, 4.69) is 0 Å². The van der Waals surface area contributed by atoms with Crippen LogP contribution in [0.25, 0.3) is 0 Å². The number of carbonyl (C=O) groups excluding carboxylic acids is 1. The van der Waals surface area contributed by atoms with Crippen LogP contribution in [0.4, 0.5) is 0 Å². The Hall–Kier alpha value is -2.14. The van der Waals surface area contributed by atoms with E-state index in [1.165, 1.54) is 0 Å². The zero-order valence-corrected chi connectivity index (χ0v) is 15.1. The van der Waals surface area contributed by atoms with Gasteiger partial charge in [-0.15, -0.1) is 0 Å². The van der Waals surface area contributed by atoms with Crippen LogP contribution < -0.4 is 4.74 Å². The van der Waals surface area contributed by atoms with Crippen LogP contribution in [-0.2, 0) is 10.8 Å². The molecule has 24 heavy (non-hydrogen) atoms. The maximum Gasteiger partial charge on any atom is 0.253 e. The van der Waals surface area contributed by atoms with Crippen LogP contribution in [0, 0.1) is 6.92 Å². The Bertz CT molecular complexity index is 713. The number of rotatable bonds is 7. The lowest BCUT2D eigenvalue weighted by Crippen LogP contribution is -2.28. The van der Waals surface area contributed by atoms with Crippen LogP contribution in [-0.4, -0.2) is 41.5 Å². The zero-order chi connectivity index (χ0) is 17.5. The van der Waals surface area contributed by atoms with Crippen molar-refractivity contribution in [2.24, 2.45) is 0 Å². The first-order valence-corrected chi connectivity index (χ1v) is 9.42. The van der Waals surface area contributed by atoms with Gasteiger partial charge in [0.05, 0.1) is 6.61 Å². The lowest BCUT2D eigenvalue weighted by Gasteiger charge is -2.17. The lowest BCUT2D eigenvalue weighted by atomic mass is 10.2. The molecule has 0 spiro atoms. The van der Waals surface area contributed by atoms with Crippen molar-refractivity contribution < 1.29 is 13.7 Å². The van der Waals surface area contributed by atoms with E-state index in [0.29, 0.717) is 18.7 Å². The van der Waals surface area contributed by atoms with Crippen LogP contribution in [0.1, 0.15) is 22.3 Å². The molecule has 0 aliphatic heterocycles. The minimum absolute atomic E-state index is 0.0423. The SMILES string of the molecule is Cc1ccccc1OCCCN(C)C(=O)c1ccc(S(C)=O)cc1. The summed E-state index contributed by atoms with van der Waals surface area (Å²) in [7, 11) is 0.751. The van der Waals surface area contributed by atoms with Crippen LogP contribution in [0.5, 0.6) is 5.75 Å². The second-order valence-electron chi connectivity index (χ2n) is 5.67. The molecule has 4 nitrogen and oxygen atoms in total. The quantitative estimate of drug-likeness (QED) is 0.724. The van der Waals surface area contributed by atoms with Crippen molar-refractivity contribution in [2.75, 3.05) is 26.5 Å². The molecule has 2 aromatic carbocycles. The number of aryl methyl sites for hydroxylation is 1. The predicted octanol–water partition coefficient (Wildman–Crippen LogP) is 3.27. The molecule has 1 unspecified atom stereocenters. The molecule has 0 aromatic heterocycles. The highest BCUT2D eigenvalue weighted by molar-refractivity contribution is 7.84. The van der Waals surface area contributed by atoms with Gasteiger partial charge in [0.1, 0.15) is 5.75 Å². The van der Waals surface area contributed by atoms with Gasteiger partial charge in [0.2, 0.25) is 0 Å². The van der Waals surface area contributed by atoms with Gasteiger partial charge in [-0.25, -0.2) is 0 Å². The summed E-state index contributed by atoms with van der Waals surface area (Å²) < 4.78 is 17.1. The van der Waals surface area contributed by atoms with Gasteiger partial charge in [0, 0.05) is 41.1 Å². The summed E-state index contributed by atoms with van der Waals surface area (Å²) in [5.41, 5.74) is 1.71. The fourth-order valence-electron chi connectivity index (χ4n) is 2.31. The van der Waals surface area contributed by atoms with E-state index in [-0.39, 0.29) is 5.91 Å². The minimum Gasteiger partial charge on any atom is -0.493 e. The second kappa shape index (κ2) is 8.64. The van der Waals surface area contributed by atoms with Crippen molar-refractivity contribution >= 4 is 16.7 Å². The Morgan fingerprint density at radius 1 is 1.12 bits per heavy atom. The smallest absolute Gasteiger partial charge is 0.253 e. The largest absolute Gasteiger partial charge is 0.493 e. The first-order valence-electron chi connectivity index (χ1n) is 7.86. The van der Waals surface area contributed by atoms with E-state index in [1.54, 1.807) is 42.5 Å². The fourth-order valence-corrected chi connectivity index (χ4v) is 2.83. The third-order valence-corrected chi connectivity index (χ3v) is 4.70. The molecule has 1 atom stereocenters. The first-order chi connectivity index (χ1) is 11.5. The maximum absolute atomic E-state index is 12.4. The summed E-state index contributed by atoms with van der Waals surface area (Å²) in [6.07, 6.45) is 2.38. The Labute approximate surface area is 145 Å². The summed E-state index contributed by atoms with van der Waals surface area (Å²) in [6.45, 7) is 3.19. The van der Waals surface area contributed by atoms with Gasteiger partial charge >= 0.3 is 0 Å². The molecule has 0 saturated carbocycles. The van der Waals surface area contributed by atoms with Crippen LogP contribution in [0.2, 0.25) is 0 Å². The summed E-state index contributed by atoms with van der Waals surface area (Å²) in [5, 5.41) is 0. The molecule has 5 heteroatoms. The van der Waals surface area contributed by atoms with Gasteiger partial charge in [0.25, 0.3) is 5.91 Å². The van der Waals surface area contributed by atoms with Crippen molar-refractivity contribution in [3.63, 3.8) is 0 Å². The number of para-hydroxylation sites is 1. The third kappa shape index (κ3) is 4.93. The summed E-state index contributed by atoms with van der Waals surface area (Å²) in [4.78, 5) is 14.8. The van der Waals surface area contributed by atoms with Crippen molar-refractivity contribution in [3.8, 4) is 5.75 Å². The van der Waals surface area contributed by atoms with Crippen molar-refractivity contribution in [1.82, 2.24) is 4.90 Å². The third-order valence-electron chi connectivity index (χ3n) is 3.77. The maximum atomic E-state index is 12.4. The number of ether oxygens (including phenoxy) is 1. The van der Waals surface area contributed by atoms with Gasteiger partial charge in [-0.1, -0.05) is 18.2 Å². The van der Waals surface area contributed by atoms with E-state index in [9.17, 15) is 9.00 Å². The molecule has 1 amide bonds.